The molecule has 2 aromatic rings. The first-order valence-corrected chi connectivity index (χ1v) is 8.01. The van der Waals surface area contributed by atoms with Crippen LogP contribution in [0, 0.1) is 0 Å². The van der Waals surface area contributed by atoms with Gasteiger partial charge in [-0.1, -0.05) is 12.1 Å². The van der Waals surface area contributed by atoms with E-state index in [2.05, 4.69) is 5.32 Å². The highest BCUT2D eigenvalue weighted by molar-refractivity contribution is 5.95. The lowest BCUT2D eigenvalue weighted by Gasteiger charge is -2.20. The summed E-state index contributed by atoms with van der Waals surface area (Å²) in [5.41, 5.74) is 1.14. The number of anilines is 1. The fraction of sp³-hybridized carbons (Fsp3) is 0.263. The molecular weight excluding hydrogens is 322 g/mol. The lowest BCUT2D eigenvalue weighted by atomic mass is 10.1. The molecule has 0 aromatic heterocycles. The van der Waals surface area contributed by atoms with E-state index in [4.69, 9.17) is 14.2 Å². The van der Waals surface area contributed by atoms with Gasteiger partial charge in [0.1, 0.15) is 19.0 Å². The number of nitrogens with one attached hydrogen (secondary N) is 1. The monoisotopic (exact) mass is 341 g/mol. The molecule has 3 rings (SSSR count). The number of amides is 1. The Morgan fingerprint density at radius 3 is 2.60 bits per heavy atom. The third-order valence-corrected chi connectivity index (χ3v) is 3.73. The van der Waals surface area contributed by atoms with Crippen LogP contribution in [0.1, 0.15) is 24.2 Å². The normalized spacial score (nSPS) is 13.7. The molecule has 1 N–H and O–H groups in total. The zero-order valence-electron chi connectivity index (χ0n) is 14.1. The Hall–Kier alpha value is -3.02. The van der Waals surface area contributed by atoms with Crippen molar-refractivity contribution in [2.75, 3.05) is 18.5 Å². The van der Waals surface area contributed by atoms with E-state index in [1.807, 2.05) is 0 Å². The van der Waals surface area contributed by atoms with Crippen LogP contribution in [0.2, 0.25) is 0 Å². The third-order valence-electron chi connectivity index (χ3n) is 3.73. The molecule has 0 spiro atoms. The number of rotatable bonds is 5. The first-order valence-electron chi connectivity index (χ1n) is 8.01. The topological polar surface area (TPSA) is 73.9 Å². The Morgan fingerprint density at radius 1 is 1.08 bits per heavy atom. The Labute approximate surface area is 145 Å². The Morgan fingerprint density at radius 2 is 1.84 bits per heavy atom. The van der Waals surface area contributed by atoms with Crippen molar-refractivity contribution in [3.05, 3.63) is 48.0 Å². The minimum Gasteiger partial charge on any atom is -0.486 e. The molecule has 0 bridgehead atoms. The second kappa shape index (κ2) is 7.25. The van der Waals surface area contributed by atoms with Gasteiger partial charge in [0, 0.05) is 17.3 Å². The zero-order valence-corrected chi connectivity index (χ0v) is 14.1. The second-order valence-electron chi connectivity index (χ2n) is 5.69. The lowest BCUT2D eigenvalue weighted by molar-refractivity contribution is -0.122. The molecule has 130 valence electrons. The molecule has 1 aliphatic rings. The highest BCUT2D eigenvalue weighted by Crippen LogP contribution is 2.32. The molecule has 0 radical (unpaired) electrons. The minimum absolute atomic E-state index is 0.0566. The first-order chi connectivity index (χ1) is 12.0. The molecule has 1 atom stereocenters. The lowest BCUT2D eigenvalue weighted by Crippen LogP contribution is -2.30. The molecule has 1 aliphatic heterocycles. The quantitative estimate of drug-likeness (QED) is 0.846. The maximum atomic E-state index is 12.3. The highest BCUT2D eigenvalue weighted by atomic mass is 16.6. The van der Waals surface area contributed by atoms with Crippen LogP contribution < -0.4 is 19.5 Å². The molecule has 2 aromatic carbocycles. The highest BCUT2D eigenvalue weighted by Gasteiger charge is 2.17. The number of carbonyl (C=O) groups is 2. The van der Waals surface area contributed by atoms with Crippen molar-refractivity contribution in [2.24, 2.45) is 0 Å². The SMILES string of the molecule is CC(=O)c1cccc(O[C@@H](C)C(=O)Nc2ccc3c(c2)OCCO3)c1. The summed E-state index contributed by atoms with van der Waals surface area (Å²) in [5, 5.41) is 2.78. The summed E-state index contributed by atoms with van der Waals surface area (Å²) >= 11 is 0. The van der Waals surface area contributed by atoms with Crippen molar-refractivity contribution >= 4 is 17.4 Å². The van der Waals surface area contributed by atoms with Crippen molar-refractivity contribution < 1.29 is 23.8 Å². The Kier molecular flexibility index (Phi) is 4.88. The van der Waals surface area contributed by atoms with Gasteiger partial charge in [-0.3, -0.25) is 9.59 Å². The van der Waals surface area contributed by atoms with Crippen molar-refractivity contribution in [1.82, 2.24) is 0 Å². The number of Topliss-reactive ketones (excluding diaryl/α,β-unsaturated/α-hetero) is 1. The van der Waals surface area contributed by atoms with E-state index in [-0.39, 0.29) is 11.7 Å². The van der Waals surface area contributed by atoms with E-state index in [1.165, 1.54) is 6.92 Å². The number of hydrogen-bond acceptors (Lipinski definition) is 5. The molecule has 6 heteroatoms. The summed E-state index contributed by atoms with van der Waals surface area (Å²) in [7, 11) is 0. The number of fused-ring (bicyclic) bond motifs is 1. The van der Waals surface area contributed by atoms with E-state index in [0.717, 1.165) is 0 Å². The van der Waals surface area contributed by atoms with Gasteiger partial charge in [0.2, 0.25) is 0 Å². The average Bonchev–Trinajstić information content (AvgIpc) is 2.61. The molecule has 0 fully saturated rings. The second-order valence-corrected chi connectivity index (χ2v) is 5.69. The molecule has 0 saturated heterocycles. The van der Waals surface area contributed by atoms with E-state index >= 15 is 0 Å². The van der Waals surface area contributed by atoms with Crippen LogP contribution in [0.15, 0.2) is 42.5 Å². The fourth-order valence-corrected chi connectivity index (χ4v) is 2.41. The van der Waals surface area contributed by atoms with Gasteiger partial charge < -0.3 is 19.5 Å². The number of ketones is 1. The van der Waals surface area contributed by atoms with Gasteiger partial charge >= 0.3 is 0 Å². The Bertz CT molecular complexity index is 802. The van der Waals surface area contributed by atoms with Crippen LogP contribution in [-0.2, 0) is 4.79 Å². The minimum atomic E-state index is -0.726. The maximum absolute atomic E-state index is 12.3. The van der Waals surface area contributed by atoms with Crippen LogP contribution in [0.5, 0.6) is 17.2 Å². The van der Waals surface area contributed by atoms with Crippen LogP contribution in [0.25, 0.3) is 0 Å². The van der Waals surface area contributed by atoms with E-state index < -0.39 is 6.10 Å². The molecule has 0 unspecified atom stereocenters. The Balaban J connectivity index is 1.64. The number of carbonyl (C=O) groups excluding carboxylic acids is 2. The number of hydrogen-bond donors (Lipinski definition) is 1. The molecular formula is C19H19NO5. The molecule has 6 nitrogen and oxygen atoms in total. The van der Waals surface area contributed by atoms with Gasteiger partial charge in [-0.15, -0.1) is 0 Å². The standard InChI is InChI=1S/C19H19NO5/c1-12(21)14-4-3-5-16(10-14)25-13(2)19(22)20-15-6-7-17-18(11-15)24-9-8-23-17/h3-7,10-11,13H,8-9H2,1-2H3,(H,20,22)/t13-/m0/s1. The summed E-state index contributed by atoms with van der Waals surface area (Å²) in [6.45, 7) is 4.13. The summed E-state index contributed by atoms with van der Waals surface area (Å²) in [6, 6.07) is 12.0. The zero-order chi connectivity index (χ0) is 17.8. The van der Waals surface area contributed by atoms with Crippen molar-refractivity contribution in [2.45, 2.75) is 20.0 Å². The average molecular weight is 341 g/mol. The summed E-state index contributed by atoms with van der Waals surface area (Å²) in [6.07, 6.45) is -0.726. The molecule has 25 heavy (non-hydrogen) atoms. The van der Waals surface area contributed by atoms with Crippen molar-refractivity contribution in [3.8, 4) is 17.2 Å². The summed E-state index contributed by atoms with van der Waals surface area (Å²) < 4.78 is 16.6. The van der Waals surface area contributed by atoms with Gasteiger partial charge in [-0.2, -0.15) is 0 Å². The van der Waals surface area contributed by atoms with Crippen molar-refractivity contribution in [3.63, 3.8) is 0 Å². The van der Waals surface area contributed by atoms with Gasteiger partial charge in [-0.25, -0.2) is 0 Å². The van der Waals surface area contributed by atoms with Gasteiger partial charge in [0.25, 0.3) is 5.91 Å². The molecule has 1 heterocycles. The predicted octanol–water partition coefficient (Wildman–Crippen LogP) is 3.07. The fourth-order valence-electron chi connectivity index (χ4n) is 2.41. The van der Waals surface area contributed by atoms with E-state index in [9.17, 15) is 9.59 Å². The summed E-state index contributed by atoms with van der Waals surface area (Å²) in [4.78, 5) is 23.7. The van der Waals surface area contributed by atoms with E-state index in [0.29, 0.717) is 41.7 Å². The first kappa shape index (κ1) is 16.8. The van der Waals surface area contributed by atoms with Crippen molar-refractivity contribution in [1.29, 1.82) is 0 Å². The molecule has 0 aliphatic carbocycles. The largest absolute Gasteiger partial charge is 0.486 e. The van der Waals surface area contributed by atoms with Crippen LogP contribution in [-0.4, -0.2) is 31.0 Å². The predicted molar refractivity (Wildman–Crippen MR) is 92.6 cm³/mol. The molecule has 0 saturated carbocycles. The third kappa shape index (κ3) is 4.09. The number of benzene rings is 2. The van der Waals surface area contributed by atoms with E-state index in [1.54, 1.807) is 49.4 Å². The van der Waals surface area contributed by atoms with Gasteiger partial charge in [0.05, 0.1) is 0 Å². The summed E-state index contributed by atoms with van der Waals surface area (Å²) in [5.74, 6) is 1.38. The number of ether oxygens (including phenoxy) is 3. The van der Waals surface area contributed by atoms with Crippen LogP contribution in [0.4, 0.5) is 5.69 Å². The van der Waals surface area contributed by atoms with Gasteiger partial charge in [0.15, 0.2) is 23.4 Å². The maximum Gasteiger partial charge on any atom is 0.265 e. The van der Waals surface area contributed by atoms with Crippen LogP contribution >= 0.6 is 0 Å². The van der Waals surface area contributed by atoms with Crippen LogP contribution in [0.3, 0.4) is 0 Å². The smallest absolute Gasteiger partial charge is 0.265 e. The molecule has 1 amide bonds. The van der Waals surface area contributed by atoms with Gasteiger partial charge in [-0.05, 0) is 38.1 Å².